The summed E-state index contributed by atoms with van der Waals surface area (Å²) in [6, 6.07) is 5.73. The first-order valence-electron chi connectivity index (χ1n) is 7.64. The number of carbonyl (C=O) groups is 1. The first-order chi connectivity index (χ1) is 10.3. The van der Waals surface area contributed by atoms with Crippen LogP contribution in [0.3, 0.4) is 0 Å². The summed E-state index contributed by atoms with van der Waals surface area (Å²) in [7, 11) is 0. The number of anilines is 1. The van der Waals surface area contributed by atoms with E-state index in [1.165, 1.54) is 0 Å². The largest absolute Gasteiger partial charge is 0.352 e. The number of aromatic nitrogens is 1. The predicted octanol–water partition coefficient (Wildman–Crippen LogP) is 2.18. The Labute approximate surface area is 126 Å². The maximum absolute atomic E-state index is 12.1. The van der Waals surface area contributed by atoms with E-state index in [1.807, 2.05) is 4.90 Å². The van der Waals surface area contributed by atoms with Gasteiger partial charge in [-0.3, -0.25) is 4.79 Å². The van der Waals surface area contributed by atoms with Gasteiger partial charge in [0.1, 0.15) is 11.9 Å². The Hall–Kier alpha value is -2.09. The molecule has 1 saturated heterocycles. The second kappa shape index (κ2) is 7.63. The summed E-state index contributed by atoms with van der Waals surface area (Å²) < 4.78 is 0. The van der Waals surface area contributed by atoms with Gasteiger partial charge >= 0.3 is 0 Å². The Balaban J connectivity index is 1.88. The van der Waals surface area contributed by atoms with Crippen LogP contribution >= 0.6 is 0 Å². The first-order valence-corrected chi connectivity index (χ1v) is 7.64. The average Bonchev–Trinajstić information content (AvgIpc) is 2.55. The highest BCUT2D eigenvalue weighted by Gasteiger charge is 2.22. The van der Waals surface area contributed by atoms with Crippen molar-refractivity contribution in [3.63, 3.8) is 0 Å². The van der Waals surface area contributed by atoms with Gasteiger partial charge < -0.3 is 9.80 Å². The van der Waals surface area contributed by atoms with Crippen LogP contribution in [-0.2, 0) is 4.79 Å². The summed E-state index contributed by atoms with van der Waals surface area (Å²) >= 11 is 0. The second-order valence-corrected chi connectivity index (χ2v) is 5.31. The van der Waals surface area contributed by atoms with Crippen molar-refractivity contribution in [3.8, 4) is 6.07 Å². The highest BCUT2D eigenvalue weighted by Crippen LogP contribution is 2.18. The minimum absolute atomic E-state index is 0.254. The van der Waals surface area contributed by atoms with Gasteiger partial charge in [0, 0.05) is 38.8 Å². The van der Waals surface area contributed by atoms with Gasteiger partial charge in [0.2, 0.25) is 5.91 Å². The van der Waals surface area contributed by atoms with Crippen LogP contribution in [0.4, 0.5) is 5.82 Å². The molecule has 0 saturated carbocycles. The molecule has 0 aromatic carbocycles. The number of nitrogens with zero attached hydrogens (tertiary/aromatic N) is 4. The number of hydrogen-bond donors (Lipinski definition) is 0. The molecule has 0 unspecified atom stereocenters. The van der Waals surface area contributed by atoms with Gasteiger partial charge in [-0.15, -0.1) is 0 Å². The fourth-order valence-corrected chi connectivity index (χ4v) is 2.59. The van der Waals surface area contributed by atoms with Crippen molar-refractivity contribution in [2.45, 2.75) is 32.6 Å². The Morgan fingerprint density at radius 3 is 2.76 bits per heavy atom. The molecule has 0 atom stereocenters. The highest BCUT2D eigenvalue weighted by molar-refractivity contribution is 5.76. The molecule has 1 amide bonds. The zero-order chi connectivity index (χ0) is 15.1. The molecule has 5 heteroatoms. The molecule has 0 spiro atoms. The summed E-state index contributed by atoms with van der Waals surface area (Å²) in [6.07, 6.45) is 5.59. The topological polar surface area (TPSA) is 60.2 Å². The zero-order valence-corrected chi connectivity index (χ0v) is 12.6. The molecule has 112 valence electrons. The molecule has 1 aliphatic rings. The number of pyridine rings is 1. The molecule has 1 fully saturated rings. The number of rotatable bonds is 5. The van der Waals surface area contributed by atoms with Crippen LogP contribution in [0.25, 0.3) is 0 Å². The first kappa shape index (κ1) is 15.3. The summed E-state index contributed by atoms with van der Waals surface area (Å²) in [6.45, 7) is 5.05. The van der Waals surface area contributed by atoms with Gasteiger partial charge in [-0.2, -0.15) is 5.26 Å². The van der Waals surface area contributed by atoms with Crippen molar-refractivity contribution in [2.75, 3.05) is 31.1 Å². The van der Waals surface area contributed by atoms with Crippen molar-refractivity contribution < 1.29 is 4.79 Å². The Kier molecular flexibility index (Phi) is 5.56. The van der Waals surface area contributed by atoms with Gasteiger partial charge in [0.15, 0.2) is 0 Å². The molecule has 21 heavy (non-hydrogen) atoms. The molecule has 0 aliphatic carbocycles. The van der Waals surface area contributed by atoms with E-state index in [0.29, 0.717) is 25.1 Å². The quantitative estimate of drug-likeness (QED) is 0.778. The monoisotopic (exact) mass is 286 g/mol. The van der Waals surface area contributed by atoms with Gasteiger partial charge in [-0.1, -0.05) is 19.8 Å². The molecular weight excluding hydrogens is 264 g/mol. The van der Waals surface area contributed by atoms with Crippen molar-refractivity contribution >= 4 is 11.7 Å². The second-order valence-electron chi connectivity index (χ2n) is 5.31. The molecule has 2 rings (SSSR count). The standard InChI is InChI=1S/C16H22N4O/c1-2-3-4-7-15(21)19-9-11-20(12-10-19)16-14(13-17)6-5-8-18-16/h5-6,8H,2-4,7,9-12H2,1H3. The van der Waals surface area contributed by atoms with E-state index in [9.17, 15) is 4.79 Å². The van der Waals surface area contributed by atoms with Crippen LogP contribution < -0.4 is 4.90 Å². The minimum atomic E-state index is 0.254. The van der Waals surface area contributed by atoms with Gasteiger partial charge in [0.25, 0.3) is 0 Å². The molecular formula is C16H22N4O. The van der Waals surface area contributed by atoms with Gasteiger partial charge in [0.05, 0.1) is 5.56 Å². The number of hydrogen-bond acceptors (Lipinski definition) is 4. The van der Waals surface area contributed by atoms with E-state index in [-0.39, 0.29) is 5.91 Å². The lowest BCUT2D eigenvalue weighted by Crippen LogP contribution is -2.49. The fourth-order valence-electron chi connectivity index (χ4n) is 2.59. The van der Waals surface area contributed by atoms with Crippen LogP contribution in [0.15, 0.2) is 18.3 Å². The summed E-state index contributed by atoms with van der Waals surface area (Å²) in [5.41, 5.74) is 0.597. The minimum Gasteiger partial charge on any atom is -0.352 e. The average molecular weight is 286 g/mol. The van der Waals surface area contributed by atoms with E-state index in [2.05, 4.69) is 22.9 Å². The highest BCUT2D eigenvalue weighted by atomic mass is 16.2. The Morgan fingerprint density at radius 1 is 1.33 bits per heavy atom. The SMILES string of the molecule is CCCCCC(=O)N1CCN(c2ncccc2C#N)CC1. The van der Waals surface area contributed by atoms with Crippen LogP contribution in [-0.4, -0.2) is 42.0 Å². The van der Waals surface area contributed by atoms with Crippen molar-refractivity contribution in [1.82, 2.24) is 9.88 Å². The zero-order valence-electron chi connectivity index (χ0n) is 12.6. The number of nitriles is 1. The van der Waals surface area contributed by atoms with Crippen LogP contribution in [0.5, 0.6) is 0 Å². The molecule has 0 radical (unpaired) electrons. The lowest BCUT2D eigenvalue weighted by Gasteiger charge is -2.35. The Bertz CT molecular complexity index is 515. The maximum Gasteiger partial charge on any atom is 0.222 e. The van der Waals surface area contributed by atoms with Gasteiger partial charge in [-0.05, 0) is 18.6 Å². The van der Waals surface area contributed by atoms with E-state index < -0.39 is 0 Å². The number of carbonyl (C=O) groups excluding carboxylic acids is 1. The molecule has 1 aliphatic heterocycles. The summed E-state index contributed by atoms with van der Waals surface area (Å²) in [5, 5.41) is 9.13. The van der Waals surface area contributed by atoms with Crippen molar-refractivity contribution in [1.29, 1.82) is 5.26 Å². The Morgan fingerprint density at radius 2 is 2.10 bits per heavy atom. The lowest BCUT2D eigenvalue weighted by molar-refractivity contribution is -0.131. The number of amides is 1. The molecule has 2 heterocycles. The van der Waals surface area contributed by atoms with Crippen LogP contribution in [0.1, 0.15) is 38.2 Å². The normalized spacial score (nSPS) is 14.9. The lowest BCUT2D eigenvalue weighted by atomic mass is 10.1. The third-order valence-electron chi connectivity index (χ3n) is 3.83. The van der Waals surface area contributed by atoms with Crippen LogP contribution in [0, 0.1) is 11.3 Å². The van der Waals surface area contributed by atoms with Crippen molar-refractivity contribution in [2.24, 2.45) is 0 Å². The maximum atomic E-state index is 12.1. The third kappa shape index (κ3) is 3.94. The molecule has 0 N–H and O–H groups in total. The summed E-state index contributed by atoms with van der Waals surface area (Å²) in [4.78, 5) is 20.4. The van der Waals surface area contributed by atoms with E-state index in [4.69, 9.17) is 5.26 Å². The molecule has 5 nitrogen and oxygen atoms in total. The third-order valence-corrected chi connectivity index (χ3v) is 3.83. The smallest absolute Gasteiger partial charge is 0.222 e. The number of unbranched alkanes of at least 4 members (excludes halogenated alkanes) is 2. The van der Waals surface area contributed by atoms with Gasteiger partial charge in [-0.25, -0.2) is 4.98 Å². The van der Waals surface area contributed by atoms with Crippen molar-refractivity contribution in [3.05, 3.63) is 23.9 Å². The van der Waals surface area contributed by atoms with Crippen LogP contribution in [0.2, 0.25) is 0 Å². The van der Waals surface area contributed by atoms with E-state index in [1.54, 1.807) is 18.3 Å². The molecule has 1 aromatic rings. The molecule has 0 bridgehead atoms. The summed E-state index contributed by atoms with van der Waals surface area (Å²) in [5.74, 6) is 0.989. The van der Waals surface area contributed by atoms with E-state index >= 15 is 0 Å². The molecule has 1 aromatic heterocycles. The number of piperazine rings is 1. The predicted molar refractivity (Wildman–Crippen MR) is 81.9 cm³/mol. The fraction of sp³-hybridized carbons (Fsp3) is 0.562. The van der Waals surface area contributed by atoms with E-state index in [0.717, 1.165) is 38.2 Å².